The molecule has 2 heterocycles. The molecule has 4 nitrogen and oxygen atoms in total. The second-order valence-corrected chi connectivity index (χ2v) is 5.69. The molecule has 2 aliphatic heterocycles. The minimum Gasteiger partial charge on any atom is -0.373 e. The Morgan fingerprint density at radius 1 is 1.35 bits per heavy atom. The predicted octanol–water partition coefficient (Wildman–Crippen LogP) is 1.95. The molecular formula is C13H13Cl2FN2O2. The number of nitrogens with one attached hydrogen (secondary N) is 1. The summed E-state index contributed by atoms with van der Waals surface area (Å²) in [5.74, 6) is -0.929. The highest BCUT2D eigenvalue weighted by atomic mass is 35.5. The minimum atomic E-state index is -0.645. The molecule has 0 bridgehead atoms. The maximum Gasteiger partial charge on any atom is 0.255 e. The van der Waals surface area contributed by atoms with Crippen LogP contribution in [-0.4, -0.2) is 49.2 Å². The van der Waals surface area contributed by atoms with Crippen LogP contribution in [0.25, 0.3) is 0 Å². The Kier molecular flexibility index (Phi) is 3.86. The van der Waals surface area contributed by atoms with Gasteiger partial charge in [-0.1, -0.05) is 23.2 Å². The van der Waals surface area contributed by atoms with Gasteiger partial charge in [0.25, 0.3) is 5.91 Å². The van der Waals surface area contributed by atoms with Crippen LogP contribution in [0.5, 0.6) is 0 Å². The van der Waals surface area contributed by atoms with Gasteiger partial charge in [-0.2, -0.15) is 0 Å². The van der Waals surface area contributed by atoms with E-state index in [1.807, 2.05) is 0 Å². The number of hydrogen-bond acceptors (Lipinski definition) is 3. The van der Waals surface area contributed by atoms with Crippen LogP contribution in [-0.2, 0) is 4.74 Å². The predicted molar refractivity (Wildman–Crippen MR) is 73.9 cm³/mol. The normalized spacial score (nSPS) is 25.6. The molecule has 3 rings (SSSR count). The van der Waals surface area contributed by atoms with Gasteiger partial charge in [-0.3, -0.25) is 4.79 Å². The van der Waals surface area contributed by atoms with Crippen LogP contribution in [0.4, 0.5) is 4.39 Å². The molecule has 1 aromatic rings. The van der Waals surface area contributed by atoms with E-state index in [-0.39, 0.29) is 33.7 Å². The zero-order valence-electron chi connectivity index (χ0n) is 10.5. The molecule has 0 unspecified atom stereocenters. The van der Waals surface area contributed by atoms with E-state index in [9.17, 15) is 9.18 Å². The van der Waals surface area contributed by atoms with Crippen molar-refractivity contribution in [1.29, 1.82) is 0 Å². The number of rotatable bonds is 1. The summed E-state index contributed by atoms with van der Waals surface area (Å²) in [5.41, 5.74) is 0.140. The van der Waals surface area contributed by atoms with E-state index in [1.54, 1.807) is 4.90 Å². The summed E-state index contributed by atoms with van der Waals surface area (Å²) in [7, 11) is 0. The van der Waals surface area contributed by atoms with Crippen molar-refractivity contribution in [3.63, 3.8) is 0 Å². The summed E-state index contributed by atoms with van der Waals surface area (Å²) < 4.78 is 19.2. The van der Waals surface area contributed by atoms with E-state index >= 15 is 0 Å². The number of nitrogens with zero attached hydrogens (tertiary/aromatic N) is 1. The lowest BCUT2D eigenvalue weighted by molar-refractivity contribution is -0.0364. The van der Waals surface area contributed by atoms with Gasteiger partial charge in [0.15, 0.2) is 0 Å². The van der Waals surface area contributed by atoms with Crippen molar-refractivity contribution in [3.8, 4) is 0 Å². The van der Waals surface area contributed by atoms with E-state index < -0.39 is 5.82 Å². The number of carbonyl (C=O) groups is 1. The maximum absolute atomic E-state index is 13.6. The number of hydrogen-bond donors (Lipinski definition) is 1. The van der Waals surface area contributed by atoms with Crippen molar-refractivity contribution in [2.45, 2.75) is 12.1 Å². The van der Waals surface area contributed by atoms with Crippen LogP contribution in [0.1, 0.15) is 10.4 Å². The Labute approximate surface area is 125 Å². The summed E-state index contributed by atoms with van der Waals surface area (Å²) in [6.07, 6.45) is -0.0105. The van der Waals surface area contributed by atoms with Gasteiger partial charge in [-0.15, -0.1) is 0 Å². The van der Waals surface area contributed by atoms with Gasteiger partial charge in [0.2, 0.25) is 0 Å². The first-order chi connectivity index (χ1) is 9.58. The molecular weight excluding hydrogens is 306 g/mol. The maximum atomic E-state index is 13.6. The summed E-state index contributed by atoms with van der Waals surface area (Å²) in [6, 6.07) is 2.32. The molecule has 20 heavy (non-hydrogen) atoms. The molecule has 108 valence electrons. The van der Waals surface area contributed by atoms with Gasteiger partial charge in [0.1, 0.15) is 5.82 Å². The highest BCUT2D eigenvalue weighted by molar-refractivity contribution is 6.36. The van der Waals surface area contributed by atoms with Crippen molar-refractivity contribution in [2.75, 3.05) is 26.2 Å². The first-order valence-electron chi connectivity index (χ1n) is 6.36. The van der Waals surface area contributed by atoms with Gasteiger partial charge in [-0.25, -0.2) is 4.39 Å². The number of ether oxygens (including phenoxy) is 1. The third kappa shape index (κ3) is 2.39. The van der Waals surface area contributed by atoms with E-state index in [2.05, 4.69) is 5.32 Å². The average molecular weight is 319 g/mol. The lowest BCUT2D eigenvalue weighted by Crippen LogP contribution is -2.53. The van der Waals surface area contributed by atoms with Crippen molar-refractivity contribution < 1.29 is 13.9 Å². The molecule has 0 radical (unpaired) electrons. The number of fused-ring (bicyclic) bond motifs is 1. The fourth-order valence-electron chi connectivity index (χ4n) is 2.68. The molecule has 1 amide bonds. The Morgan fingerprint density at radius 2 is 2.15 bits per heavy atom. The fourth-order valence-corrected chi connectivity index (χ4v) is 3.15. The Bertz CT molecular complexity index is 555. The third-order valence-electron chi connectivity index (χ3n) is 3.69. The van der Waals surface area contributed by atoms with E-state index in [4.69, 9.17) is 27.9 Å². The fraction of sp³-hybridized carbons (Fsp3) is 0.462. The Balaban J connectivity index is 1.90. The summed E-state index contributed by atoms with van der Waals surface area (Å²) >= 11 is 11.7. The summed E-state index contributed by atoms with van der Waals surface area (Å²) in [5, 5.41) is 3.26. The summed E-state index contributed by atoms with van der Waals surface area (Å²) in [6.45, 7) is 2.34. The smallest absolute Gasteiger partial charge is 0.255 e. The van der Waals surface area contributed by atoms with Crippen molar-refractivity contribution in [1.82, 2.24) is 10.2 Å². The molecule has 0 aliphatic carbocycles. The number of morpholine rings is 1. The third-order valence-corrected chi connectivity index (χ3v) is 4.30. The van der Waals surface area contributed by atoms with Crippen LogP contribution in [0, 0.1) is 5.82 Å². The van der Waals surface area contributed by atoms with Crippen LogP contribution < -0.4 is 5.32 Å². The van der Waals surface area contributed by atoms with E-state index in [0.29, 0.717) is 19.7 Å². The molecule has 0 saturated carbocycles. The highest BCUT2D eigenvalue weighted by Crippen LogP contribution is 2.27. The molecule has 1 N–H and O–H groups in total. The molecule has 2 saturated heterocycles. The number of benzene rings is 1. The summed E-state index contributed by atoms with van der Waals surface area (Å²) in [4.78, 5) is 14.3. The second kappa shape index (κ2) is 5.48. The van der Waals surface area contributed by atoms with Gasteiger partial charge < -0.3 is 15.0 Å². The number of halogens is 3. The molecule has 0 aromatic heterocycles. The molecule has 2 atom stereocenters. The first kappa shape index (κ1) is 14.1. The molecule has 2 fully saturated rings. The van der Waals surface area contributed by atoms with Gasteiger partial charge in [0, 0.05) is 19.6 Å². The van der Waals surface area contributed by atoms with E-state index in [0.717, 1.165) is 12.6 Å². The van der Waals surface area contributed by atoms with E-state index in [1.165, 1.54) is 6.07 Å². The molecule has 1 aromatic carbocycles. The van der Waals surface area contributed by atoms with Gasteiger partial charge >= 0.3 is 0 Å². The number of amides is 1. The second-order valence-electron chi connectivity index (χ2n) is 4.88. The van der Waals surface area contributed by atoms with Crippen molar-refractivity contribution in [3.05, 3.63) is 33.6 Å². The van der Waals surface area contributed by atoms with Crippen LogP contribution in [0.3, 0.4) is 0 Å². The molecule has 7 heteroatoms. The minimum absolute atomic E-state index is 0.0105. The number of carbonyl (C=O) groups excluding carboxylic acids is 1. The topological polar surface area (TPSA) is 41.6 Å². The standard InChI is InChI=1S/C13H13Cl2FN2O2/c14-8-4-9(15)10(16)3-7(8)13(19)18-1-2-20-12-6-17-5-11(12)18/h3-4,11-12,17H,1-2,5-6H2/t11-,12+/m1/s1. The van der Waals surface area contributed by atoms with Crippen LogP contribution in [0.2, 0.25) is 10.0 Å². The Morgan fingerprint density at radius 3 is 2.95 bits per heavy atom. The lowest BCUT2D eigenvalue weighted by Gasteiger charge is -2.37. The lowest BCUT2D eigenvalue weighted by atomic mass is 10.1. The van der Waals surface area contributed by atoms with Crippen molar-refractivity contribution in [2.24, 2.45) is 0 Å². The van der Waals surface area contributed by atoms with Gasteiger partial charge in [0.05, 0.1) is 34.4 Å². The van der Waals surface area contributed by atoms with Crippen LogP contribution in [0.15, 0.2) is 12.1 Å². The quantitative estimate of drug-likeness (QED) is 0.805. The Hall–Kier alpha value is -0.880. The van der Waals surface area contributed by atoms with Crippen molar-refractivity contribution >= 4 is 29.1 Å². The molecule has 0 spiro atoms. The zero-order chi connectivity index (χ0) is 14.3. The monoisotopic (exact) mass is 318 g/mol. The zero-order valence-corrected chi connectivity index (χ0v) is 12.0. The van der Waals surface area contributed by atoms with Gasteiger partial charge in [-0.05, 0) is 12.1 Å². The highest BCUT2D eigenvalue weighted by Gasteiger charge is 2.39. The largest absolute Gasteiger partial charge is 0.373 e. The first-order valence-corrected chi connectivity index (χ1v) is 7.11. The SMILES string of the molecule is O=C(c1cc(F)c(Cl)cc1Cl)N1CCO[C@H]2CNC[C@H]21. The average Bonchev–Trinajstić information content (AvgIpc) is 2.90. The molecule has 2 aliphatic rings. The van der Waals surface area contributed by atoms with Crippen LogP contribution >= 0.6 is 23.2 Å².